The van der Waals surface area contributed by atoms with Crippen molar-refractivity contribution in [2.75, 3.05) is 0 Å². The fraction of sp³-hybridized carbons (Fsp3) is 0.778. The molecule has 0 N–H and O–H groups in total. The predicted molar refractivity (Wildman–Crippen MR) is 80.3 cm³/mol. The Balaban J connectivity index is -0.000000270. The van der Waals surface area contributed by atoms with Crippen LogP contribution in [0.15, 0.2) is 11.1 Å². The van der Waals surface area contributed by atoms with E-state index < -0.39 is 0 Å². The van der Waals surface area contributed by atoms with Crippen LogP contribution in [0, 0.1) is 12.2 Å². The predicted octanol–water partition coefficient (Wildman–Crippen LogP) is 0.186. The van der Waals surface area contributed by atoms with Gasteiger partial charge in [0, 0.05) is 0 Å². The molecule has 0 nitrogen and oxygen atoms in total. The van der Waals surface area contributed by atoms with Crippen molar-refractivity contribution in [2.24, 2.45) is 0 Å². The maximum absolute atomic E-state index is 3.41. The summed E-state index contributed by atoms with van der Waals surface area (Å²) in [6.07, 6.45) is 22.7. The molecule has 2 aliphatic rings. The first-order valence-electron chi connectivity index (χ1n) is 8.04. The molecule has 0 unspecified atom stereocenters. The van der Waals surface area contributed by atoms with E-state index in [1.807, 2.05) is 0 Å². The first kappa shape index (κ1) is 26.8. The fourth-order valence-electron chi connectivity index (χ4n) is 2.52. The summed E-state index contributed by atoms with van der Waals surface area (Å²) in [7, 11) is 0. The first-order chi connectivity index (χ1) is 8.86. The van der Waals surface area contributed by atoms with Gasteiger partial charge in [-0.2, -0.15) is 12.8 Å². The van der Waals surface area contributed by atoms with Gasteiger partial charge in [0.25, 0.3) is 0 Å². The zero-order valence-electron chi connectivity index (χ0n) is 13.7. The molecular formula is C18H30Cl2Hf. The SMILES string of the molecule is CCCCC1=[C-]CCC1.CCCCC1=[C-]CCC1.[Cl-].[Cl-].[Hf+4]. The van der Waals surface area contributed by atoms with Crippen LogP contribution in [0.2, 0.25) is 0 Å². The third-order valence-electron chi connectivity index (χ3n) is 3.72. The van der Waals surface area contributed by atoms with Crippen LogP contribution >= 0.6 is 0 Å². The summed E-state index contributed by atoms with van der Waals surface area (Å²) >= 11 is 0. The molecule has 0 radical (unpaired) electrons. The molecule has 0 aromatic rings. The van der Waals surface area contributed by atoms with Gasteiger partial charge in [0.05, 0.1) is 0 Å². The Morgan fingerprint density at radius 3 is 1.38 bits per heavy atom. The molecule has 2 aliphatic carbocycles. The molecule has 0 aromatic carbocycles. The van der Waals surface area contributed by atoms with Gasteiger partial charge in [-0.15, -0.1) is 0 Å². The monoisotopic (exact) mass is 496 g/mol. The molecule has 120 valence electrons. The molecule has 0 saturated carbocycles. The van der Waals surface area contributed by atoms with E-state index in [4.69, 9.17) is 0 Å². The van der Waals surface area contributed by atoms with E-state index in [2.05, 4.69) is 26.0 Å². The zero-order chi connectivity index (χ0) is 13.1. The van der Waals surface area contributed by atoms with Gasteiger partial charge >= 0.3 is 25.8 Å². The van der Waals surface area contributed by atoms with Crippen LogP contribution in [0.25, 0.3) is 0 Å². The minimum atomic E-state index is 0. The molecule has 3 heteroatoms. The van der Waals surface area contributed by atoms with Crippen molar-refractivity contribution >= 4 is 0 Å². The van der Waals surface area contributed by atoms with Crippen LogP contribution in [-0.4, -0.2) is 0 Å². The normalized spacial score (nSPS) is 15.5. The third kappa shape index (κ3) is 14.3. The maximum Gasteiger partial charge on any atom is 4.00 e. The molecule has 2 rings (SSSR count). The van der Waals surface area contributed by atoms with Gasteiger partial charge in [-0.25, -0.2) is 0 Å². The number of hydrogen-bond donors (Lipinski definition) is 0. The van der Waals surface area contributed by atoms with Gasteiger partial charge in [-0.05, 0) is 0 Å². The summed E-state index contributed by atoms with van der Waals surface area (Å²) < 4.78 is 0. The van der Waals surface area contributed by atoms with Crippen LogP contribution in [0.5, 0.6) is 0 Å². The second-order valence-corrected chi connectivity index (χ2v) is 5.47. The summed E-state index contributed by atoms with van der Waals surface area (Å²) in [5, 5.41) is 0. The zero-order valence-corrected chi connectivity index (χ0v) is 18.8. The molecule has 21 heavy (non-hydrogen) atoms. The van der Waals surface area contributed by atoms with Crippen molar-refractivity contribution in [3.05, 3.63) is 23.3 Å². The molecule has 0 atom stereocenters. The Bertz CT molecular complexity index is 244. The van der Waals surface area contributed by atoms with Gasteiger partial charge in [0.2, 0.25) is 0 Å². The number of halogens is 2. The smallest absolute Gasteiger partial charge is 1.00 e. The molecule has 0 fully saturated rings. The van der Waals surface area contributed by atoms with Gasteiger partial charge in [0.1, 0.15) is 0 Å². The Morgan fingerprint density at radius 1 is 0.762 bits per heavy atom. The van der Waals surface area contributed by atoms with E-state index in [9.17, 15) is 0 Å². The van der Waals surface area contributed by atoms with Gasteiger partial charge in [0.15, 0.2) is 0 Å². The quantitative estimate of drug-likeness (QED) is 0.365. The second-order valence-electron chi connectivity index (χ2n) is 5.47. The molecule has 0 aliphatic heterocycles. The minimum Gasteiger partial charge on any atom is -1.00 e. The van der Waals surface area contributed by atoms with Crippen molar-refractivity contribution in [3.63, 3.8) is 0 Å². The third-order valence-corrected chi connectivity index (χ3v) is 3.72. The fourth-order valence-corrected chi connectivity index (χ4v) is 2.52. The van der Waals surface area contributed by atoms with E-state index >= 15 is 0 Å². The topological polar surface area (TPSA) is 0 Å². The molecular weight excluding hydrogens is 466 g/mol. The van der Waals surface area contributed by atoms with E-state index in [0.29, 0.717) is 0 Å². The van der Waals surface area contributed by atoms with Crippen molar-refractivity contribution < 1.29 is 50.7 Å². The van der Waals surface area contributed by atoms with Crippen LogP contribution in [0.1, 0.15) is 90.9 Å². The number of unbranched alkanes of at least 4 members (excludes halogenated alkanes) is 2. The number of hydrogen-bond acceptors (Lipinski definition) is 0. The average Bonchev–Trinajstić information content (AvgIpc) is 3.07. The molecule has 0 aromatic heterocycles. The van der Waals surface area contributed by atoms with Crippen molar-refractivity contribution in [1.82, 2.24) is 0 Å². The van der Waals surface area contributed by atoms with Crippen LogP contribution in [-0.2, 0) is 25.8 Å². The van der Waals surface area contributed by atoms with E-state index in [1.54, 1.807) is 11.1 Å². The number of allylic oxidation sites excluding steroid dienone is 4. The summed E-state index contributed by atoms with van der Waals surface area (Å²) in [5.74, 6) is 0. The Morgan fingerprint density at radius 2 is 1.14 bits per heavy atom. The Labute approximate surface area is 164 Å². The van der Waals surface area contributed by atoms with Crippen molar-refractivity contribution in [3.8, 4) is 0 Å². The van der Waals surface area contributed by atoms with Crippen LogP contribution < -0.4 is 24.8 Å². The summed E-state index contributed by atoms with van der Waals surface area (Å²) in [6, 6.07) is 0. The van der Waals surface area contributed by atoms with E-state index in [-0.39, 0.29) is 50.7 Å². The minimum absolute atomic E-state index is 0. The van der Waals surface area contributed by atoms with Crippen molar-refractivity contribution in [2.45, 2.75) is 90.9 Å². The first-order valence-corrected chi connectivity index (χ1v) is 8.04. The van der Waals surface area contributed by atoms with E-state index in [1.165, 1.54) is 77.0 Å². The second kappa shape index (κ2) is 19.0. The molecule has 0 spiro atoms. The van der Waals surface area contributed by atoms with Crippen LogP contribution in [0.3, 0.4) is 0 Å². The van der Waals surface area contributed by atoms with Crippen LogP contribution in [0.4, 0.5) is 0 Å². The molecule has 0 heterocycles. The Kier molecular flexibility index (Phi) is 24.2. The molecule has 0 amide bonds. The van der Waals surface area contributed by atoms with Gasteiger partial charge < -0.3 is 37.0 Å². The molecule has 0 bridgehead atoms. The largest absolute Gasteiger partial charge is 4.00 e. The summed E-state index contributed by atoms with van der Waals surface area (Å²) in [6.45, 7) is 4.49. The van der Waals surface area contributed by atoms with Gasteiger partial charge in [-0.3, -0.25) is 11.1 Å². The molecule has 0 saturated heterocycles. The number of rotatable bonds is 6. The standard InChI is InChI=1S/2C9H15.2ClH.Hf/c2*1-2-3-6-9-7-4-5-8-9;;;/h2*2-7H2,1H3;2*1H;/q2*-1;;;+4/p-2. The van der Waals surface area contributed by atoms with E-state index in [0.717, 1.165) is 0 Å². The average molecular weight is 496 g/mol. The maximum atomic E-state index is 3.41. The van der Waals surface area contributed by atoms with Gasteiger partial charge in [-0.1, -0.05) is 78.1 Å². The van der Waals surface area contributed by atoms with Crippen molar-refractivity contribution in [1.29, 1.82) is 0 Å². The summed E-state index contributed by atoms with van der Waals surface area (Å²) in [4.78, 5) is 0. The summed E-state index contributed by atoms with van der Waals surface area (Å²) in [5.41, 5.74) is 3.19. The Hall–Kier alpha value is 0.930.